The van der Waals surface area contributed by atoms with Gasteiger partial charge in [-0.2, -0.15) is 0 Å². The molecular weight excluding hydrogens is 370 g/mol. The van der Waals surface area contributed by atoms with E-state index in [-0.39, 0.29) is 11.2 Å². The van der Waals surface area contributed by atoms with Gasteiger partial charge in [0.15, 0.2) is 0 Å². The number of nitro groups is 1. The van der Waals surface area contributed by atoms with Gasteiger partial charge in [-0.15, -0.1) is 0 Å². The van der Waals surface area contributed by atoms with Crippen LogP contribution in [0.15, 0.2) is 64.4 Å². The van der Waals surface area contributed by atoms with Gasteiger partial charge >= 0.3 is 0 Å². The van der Waals surface area contributed by atoms with Crippen LogP contribution in [0, 0.1) is 10.1 Å². The number of aliphatic imine (C=N–C) groups is 1. The van der Waals surface area contributed by atoms with Crippen LogP contribution in [0.25, 0.3) is 16.9 Å². The maximum atomic E-state index is 13.1. The van der Waals surface area contributed by atoms with E-state index in [9.17, 15) is 14.9 Å². The van der Waals surface area contributed by atoms with Crippen molar-refractivity contribution in [1.29, 1.82) is 0 Å². The van der Waals surface area contributed by atoms with Crippen molar-refractivity contribution in [2.24, 2.45) is 4.99 Å². The summed E-state index contributed by atoms with van der Waals surface area (Å²) in [6.45, 7) is 1.64. The van der Waals surface area contributed by atoms with Gasteiger partial charge in [-0.05, 0) is 12.1 Å². The van der Waals surface area contributed by atoms with Crippen molar-refractivity contribution in [1.82, 2.24) is 9.78 Å². The summed E-state index contributed by atoms with van der Waals surface area (Å²) < 4.78 is 1.39. The molecule has 0 unspecified atom stereocenters. The Kier molecular flexibility index (Phi) is 6.36. The van der Waals surface area contributed by atoms with E-state index in [1.165, 1.54) is 21.7 Å². The Morgan fingerprint density at radius 2 is 1.83 bits per heavy atom. The summed E-state index contributed by atoms with van der Waals surface area (Å²) >= 11 is 0. The first-order chi connectivity index (χ1) is 14.0. The Morgan fingerprint density at radius 3 is 2.45 bits per heavy atom. The molecule has 1 heterocycles. The van der Waals surface area contributed by atoms with E-state index in [0.717, 1.165) is 18.5 Å². The molecule has 0 fully saturated rings. The van der Waals surface area contributed by atoms with Gasteiger partial charge in [0.2, 0.25) is 0 Å². The van der Waals surface area contributed by atoms with Gasteiger partial charge in [0.25, 0.3) is 11.2 Å². The maximum absolute atomic E-state index is 13.1. The van der Waals surface area contributed by atoms with E-state index in [2.05, 4.69) is 24.2 Å². The zero-order valence-corrected chi connectivity index (χ0v) is 16.5. The SMILES string of the molecule is C[NH+](C)CCCN=Cc1c(-c2ccccc2)[nH]n(-c2ccc([N+](=O)[O-])cc2)c1=O. The normalized spacial score (nSPS) is 11.4. The van der Waals surface area contributed by atoms with Crippen molar-refractivity contribution in [3.8, 4) is 16.9 Å². The van der Waals surface area contributed by atoms with Gasteiger partial charge in [0.05, 0.1) is 42.5 Å². The standard InChI is InChI=1S/C21H23N5O3/c1-24(2)14-6-13-22-15-19-20(16-7-4-3-5-8-16)23-25(21(19)27)17-9-11-18(12-10-17)26(28)29/h3-5,7-12,15,23H,6,13-14H2,1-2H3/p+1. The van der Waals surface area contributed by atoms with Crippen molar-refractivity contribution in [3.63, 3.8) is 0 Å². The first-order valence-corrected chi connectivity index (χ1v) is 9.41. The summed E-state index contributed by atoms with van der Waals surface area (Å²) in [6.07, 6.45) is 2.55. The van der Waals surface area contributed by atoms with Crippen molar-refractivity contribution in [3.05, 3.63) is 80.6 Å². The number of nitrogens with zero attached hydrogens (tertiary/aromatic N) is 3. The van der Waals surface area contributed by atoms with Crippen LogP contribution in [-0.4, -0.2) is 48.1 Å². The molecule has 3 aromatic rings. The molecule has 0 aliphatic heterocycles. The highest BCUT2D eigenvalue weighted by molar-refractivity contribution is 5.88. The first-order valence-electron chi connectivity index (χ1n) is 9.41. The smallest absolute Gasteiger partial charge is 0.280 e. The molecule has 0 aliphatic carbocycles. The third kappa shape index (κ3) is 4.85. The molecule has 0 aliphatic rings. The van der Waals surface area contributed by atoms with Crippen molar-refractivity contribution >= 4 is 11.9 Å². The number of hydrogen-bond donors (Lipinski definition) is 2. The third-order valence-corrected chi connectivity index (χ3v) is 4.49. The second-order valence-electron chi connectivity index (χ2n) is 7.03. The van der Waals surface area contributed by atoms with Crippen molar-refractivity contribution < 1.29 is 9.82 Å². The lowest BCUT2D eigenvalue weighted by atomic mass is 10.1. The Bertz CT molecular complexity index is 1050. The molecule has 8 nitrogen and oxygen atoms in total. The van der Waals surface area contributed by atoms with Gasteiger partial charge in [-0.1, -0.05) is 30.3 Å². The molecule has 0 saturated carbocycles. The Labute approximate surface area is 168 Å². The largest absolute Gasteiger partial charge is 0.340 e. The van der Waals surface area contributed by atoms with Crippen molar-refractivity contribution in [2.75, 3.05) is 27.2 Å². The van der Waals surface area contributed by atoms with Gasteiger partial charge in [0, 0.05) is 36.9 Å². The molecule has 3 rings (SSSR count). The maximum Gasteiger partial charge on any atom is 0.280 e. The summed E-state index contributed by atoms with van der Waals surface area (Å²) in [5, 5.41) is 14.0. The molecular formula is C21H24N5O3+. The highest BCUT2D eigenvalue weighted by Gasteiger charge is 2.16. The number of nitrogens with one attached hydrogen (secondary N) is 2. The quantitative estimate of drug-likeness (QED) is 0.263. The number of aromatic amines is 1. The topological polar surface area (TPSA) is 97.7 Å². The zero-order valence-electron chi connectivity index (χ0n) is 16.5. The van der Waals surface area contributed by atoms with E-state index in [1.807, 2.05) is 30.3 Å². The highest BCUT2D eigenvalue weighted by atomic mass is 16.6. The van der Waals surface area contributed by atoms with Crippen LogP contribution < -0.4 is 10.5 Å². The molecule has 29 heavy (non-hydrogen) atoms. The summed E-state index contributed by atoms with van der Waals surface area (Å²) in [7, 11) is 4.18. The predicted molar refractivity (Wildman–Crippen MR) is 113 cm³/mol. The molecule has 0 saturated heterocycles. The molecule has 1 aromatic heterocycles. The molecule has 8 heteroatoms. The van der Waals surface area contributed by atoms with Gasteiger partial charge in [-0.25, -0.2) is 4.68 Å². The van der Waals surface area contributed by atoms with E-state index < -0.39 is 4.92 Å². The van der Waals surface area contributed by atoms with Crippen LogP contribution in [0.4, 0.5) is 5.69 Å². The summed E-state index contributed by atoms with van der Waals surface area (Å²) in [4.78, 5) is 29.3. The van der Waals surface area contributed by atoms with Gasteiger partial charge in [0.1, 0.15) is 0 Å². The molecule has 0 radical (unpaired) electrons. The number of aromatic nitrogens is 2. The second kappa shape index (κ2) is 9.11. The highest BCUT2D eigenvalue weighted by Crippen LogP contribution is 2.20. The van der Waals surface area contributed by atoms with Crippen molar-refractivity contribution in [2.45, 2.75) is 6.42 Å². The Balaban J connectivity index is 1.98. The van der Waals surface area contributed by atoms with E-state index >= 15 is 0 Å². The molecule has 0 spiro atoms. The minimum atomic E-state index is -0.468. The lowest BCUT2D eigenvalue weighted by Gasteiger charge is -2.04. The summed E-state index contributed by atoms with van der Waals surface area (Å²) in [5.41, 5.74) is 2.24. The lowest BCUT2D eigenvalue weighted by Crippen LogP contribution is -3.05. The lowest BCUT2D eigenvalue weighted by molar-refractivity contribution is -0.858. The first kappa shape index (κ1) is 20.2. The van der Waals surface area contributed by atoms with Crippen LogP contribution in [0.1, 0.15) is 12.0 Å². The minimum absolute atomic E-state index is 0.0264. The third-order valence-electron chi connectivity index (χ3n) is 4.49. The predicted octanol–water partition coefficient (Wildman–Crippen LogP) is 1.69. The van der Waals surface area contributed by atoms with Gasteiger partial charge in [-0.3, -0.25) is 25.0 Å². The molecule has 2 aromatic carbocycles. The summed E-state index contributed by atoms with van der Waals surface area (Å²) in [6, 6.07) is 15.4. The number of hydrogen-bond acceptors (Lipinski definition) is 4. The van der Waals surface area contributed by atoms with E-state index in [1.54, 1.807) is 18.3 Å². The molecule has 0 amide bonds. The van der Waals surface area contributed by atoms with Crippen LogP contribution in [0.3, 0.4) is 0 Å². The molecule has 0 atom stereocenters. The second-order valence-corrected chi connectivity index (χ2v) is 7.03. The fourth-order valence-corrected chi connectivity index (χ4v) is 2.98. The average Bonchev–Trinajstić information content (AvgIpc) is 3.04. The number of benzene rings is 2. The number of quaternary nitrogens is 1. The number of H-pyrrole nitrogens is 1. The average molecular weight is 394 g/mol. The molecule has 0 bridgehead atoms. The van der Waals surface area contributed by atoms with E-state index in [0.29, 0.717) is 23.5 Å². The monoisotopic (exact) mass is 394 g/mol. The number of rotatable bonds is 8. The van der Waals surface area contributed by atoms with Crippen LogP contribution >= 0.6 is 0 Å². The fourth-order valence-electron chi connectivity index (χ4n) is 2.98. The molecule has 150 valence electrons. The van der Waals surface area contributed by atoms with Gasteiger partial charge < -0.3 is 4.90 Å². The number of nitro benzene ring substituents is 1. The minimum Gasteiger partial charge on any atom is -0.340 e. The summed E-state index contributed by atoms with van der Waals surface area (Å²) in [5.74, 6) is 0. The number of non-ortho nitro benzene ring substituents is 1. The van der Waals surface area contributed by atoms with E-state index in [4.69, 9.17) is 0 Å². The van der Waals surface area contributed by atoms with Crippen LogP contribution in [0.5, 0.6) is 0 Å². The Hall–Kier alpha value is -3.52. The zero-order chi connectivity index (χ0) is 20.8. The van der Waals surface area contributed by atoms with Crippen LogP contribution in [0.2, 0.25) is 0 Å². The fraction of sp³-hybridized carbons (Fsp3) is 0.238. The molecule has 2 N–H and O–H groups in total. The van der Waals surface area contributed by atoms with Crippen LogP contribution in [-0.2, 0) is 0 Å². The Morgan fingerprint density at radius 1 is 1.14 bits per heavy atom.